The van der Waals surface area contributed by atoms with Gasteiger partial charge in [-0.15, -0.1) is 0 Å². The van der Waals surface area contributed by atoms with Crippen LogP contribution in [0.3, 0.4) is 0 Å². The van der Waals surface area contributed by atoms with Gasteiger partial charge in [0.05, 0.1) is 11.5 Å². The number of nitrogens with zero attached hydrogens (tertiary/aromatic N) is 1. The van der Waals surface area contributed by atoms with Gasteiger partial charge < -0.3 is 31.3 Å². The summed E-state index contributed by atoms with van der Waals surface area (Å²) in [6.45, 7) is 1.39. The topological polar surface area (TPSA) is 170 Å². The van der Waals surface area contributed by atoms with Gasteiger partial charge in [0.1, 0.15) is 22.8 Å². The Morgan fingerprint density at radius 3 is 2.44 bits per heavy atom. The molecule has 3 aliphatic rings. The van der Waals surface area contributed by atoms with Crippen molar-refractivity contribution in [3.05, 3.63) is 58.4 Å². The summed E-state index contributed by atoms with van der Waals surface area (Å²) in [7, 11) is 3.66. The number of rotatable bonds is 4. The van der Waals surface area contributed by atoms with Gasteiger partial charge in [0.25, 0.3) is 5.91 Å². The maximum atomic E-state index is 13.7. The number of aliphatic hydroxyl groups excluding tert-OH is 2. The molecule has 10 nitrogen and oxygen atoms in total. The van der Waals surface area contributed by atoms with Crippen LogP contribution < -0.4 is 16.0 Å². The second-order valence-corrected chi connectivity index (χ2v) is 10.6. The van der Waals surface area contributed by atoms with E-state index in [1.165, 1.54) is 6.92 Å². The lowest BCUT2D eigenvalue weighted by atomic mass is 9.61. The standard InChI is InChI=1S/C29H29N3O7/c1-12(33)31-16-6-4-5-13(8-16)17-11-19(32(2)3)18-9-14-7-15-10-20(34)24(29(30)39)28(38)22(15)26(36)21(14)27(37)23(18)25(17)35/h4-6,8,11,14-15,22,35,37-38H,7,9-10H2,1-3H3,(H2,30,39)(H,31,33). The molecule has 0 aromatic heterocycles. The van der Waals surface area contributed by atoms with Gasteiger partial charge in [-0.3, -0.25) is 19.2 Å². The molecule has 0 heterocycles. The van der Waals surface area contributed by atoms with E-state index in [0.29, 0.717) is 35.2 Å². The summed E-state index contributed by atoms with van der Waals surface area (Å²) >= 11 is 0. The summed E-state index contributed by atoms with van der Waals surface area (Å²) in [6, 6.07) is 8.69. The van der Waals surface area contributed by atoms with E-state index >= 15 is 0 Å². The molecule has 6 N–H and O–H groups in total. The molecule has 0 aliphatic heterocycles. The number of fused-ring (bicyclic) bond motifs is 3. The number of aliphatic hydroxyl groups is 2. The number of Topliss-reactive ketones (excluding diaryl/α,β-unsaturated/α-hetero) is 2. The molecule has 2 amide bonds. The van der Waals surface area contributed by atoms with E-state index in [-0.39, 0.29) is 29.2 Å². The summed E-state index contributed by atoms with van der Waals surface area (Å²) in [5.74, 6) is -5.98. The number of amides is 2. The third-order valence-electron chi connectivity index (χ3n) is 7.84. The zero-order valence-corrected chi connectivity index (χ0v) is 21.7. The number of nitrogens with two attached hydrogens (primary N) is 1. The van der Waals surface area contributed by atoms with Crippen LogP contribution in [0.25, 0.3) is 16.9 Å². The third-order valence-corrected chi connectivity index (χ3v) is 7.84. The van der Waals surface area contributed by atoms with E-state index < -0.39 is 52.3 Å². The minimum absolute atomic E-state index is 0.0534. The Hall–Kier alpha value is -4.60. The quantitative estimate of drug-likeness (QED) is 0.375. The highest BCUT2D eigenvalue weighted by molar-refractivity contribution is 6.21. The smallest absolute Gasteiger partial charge is 0.255 e. The predicted molar refractivity (Wildman–Crippen MR) is 144 cm³/mol. The van der Waals surface area contributed by atoms with Crippen molar-refractivity contribution in [2.75, 3.05) is 24.3 Å². The van der Waals surface area contributed by atoms with Crippen LogP contribution in [0.15, 0.2) is 47.2 Å². The van der Waals surface area contributed by atoms with Crippen molar-refractivity contribution in [1.82, 2.24) is 0 Å². The summed E-state index contributed by atoms with van der Waals surface area (Å²) in [6.07, 6.45) is 0.537. The fourth-order valence-electron chi connectivity index (χ4n) is 6.28. The minimum Gasteiger partial charge on any atom is -0.511 e. The summed E-state index contributed by atoms with van der Waals surface area (Å²) < 4.78 is 0. The molecule has 3 atom stereocenters. The monoisotopic (exact) mass is 531 g/mol. The average Bonchev–Trinajstić information content (AvgIpc) is 2.82. The first-order chi connectivity index (χ1) is 18.4. The van der Waals surface area contributed by atoms with Crippen molar-refractivity contribution in [3.63, 3.8) is 0 Å². The van der Waals surface area contributed by atoms with Crippen LogP contribution in [0, 0.1) is 17.8 Å². The van der Waals surface area contributed by atoms with Crippen LogP contribution in [-0.2, 0) is 25.6 Å². The first kappa shape index (κ1) is 26.0. The number of benzene rings is 2. The Morgan fingerprint density at radius 2 is 1.79 bits per heavy atom. The molecule has 0 saturated heterocycles. The van der Waals surface area contributed by atoms with Crippen LogP contribution in [-0.4, -0.2) is 52.8 Å². The highest BCUT2D eigenvalue weighted by Crippen LogP contribution is 2.53. The second kappa shape index (κ2) is 9.30. The number of phenols is 1. The number of hydrogen-bond donors (Lipinski definition) is 5. The third kappa shape index (κ3) is 4.12. The number of hydrogen-bond acceptors (Lipinski definition) is 8. The number of anilines is 2. The number of carbonyl (C=O) groups is 4. The van der Waals surface area contributed by atoms with Crippen molar-refractivity contribution in [2.24, 2.45) is 23.5 Å². The fraction of sp³-hybridized carbons (Fsp3) is 0.310. The van der Waals surface area contributed by atoms with Crippen LogP contribution in [0.1, 0.15) is 30.9 Å². The Kier molecular flexibility index (Phi) is 6.21. The first-order valence-electron chi connectivity index (χ1n) is 12.6. The Balaban J connectivity index is 1.69. The average molecular weight is 532 g/mol. The Morgan fingerprint density at radius 1 is 1.08 bits per heavy atom. The van der Waals surface area contributed by atoms with Gasteiger partial charge in [0.2, 0.25) is 5.91 Å². The Labute approximate surface area is 224 Å². The van der Waals surface area contributed by atoms with Crippen molar-refractivity contribution in [3.8, 4) is 16.9 Å². The number of primary amides is 1. The zero-order valence-electron chi connectivity index (χ0n) is 21.7. The van der Waals surface area contributed by atoms with Crippen molar-refractivity contribution >= 4 is 40.5 Å². The molecule has 3 aliphatic carbocycles. The van der Waals surface area contributed by atoms with Gasteiger partial charge in [0.15, 0.2) is 11.6 Å². The highest BCUT2D eigenvalue weighted by atomic mass is 16.3. The molecular weight excluding hydrogens is 502 g/mol. The van der Waals surface area contributed by atoms with E-state index in [2.05, 4.69) is 5.32 Å². The lowest BCUT2D eigenvalue weighted by Gasteiger charge is -2.41. The lowest BCUT2D eigenvalue weighted by molar-refractivity contribution is -0.127. The lowest BCUT2D eigenvalue weighted by Crippen LogP contribution is -2.44. The summed E-state index contributed by atoms with van der Waals surface area (Å²) in [4.78, 5) is 51.5. The van der Waals surface area contributed by atoms with Crippen LogP contribution >= 0.6 is 0 Å². The van der Waals surface area contributed by atoms with E-state index in [4.69, 9.17) is 5.73 Å². The van der Waals surface area contributed by atoms with Gasteiger partial charge in [0, 0.05) is 50.0 Å². The normalized spacial score (nSPS) is 22.2. The van der Waals surface area contributed by atoms with Crippen LogP contribution in [0.2, 0.25) is 0 Å². The van der Waals surface area contributed by atoms with Crippen molar-refractivity contribution in [2.45, 2.75) is 26.2 Å². The van der Waals surface area contributed by atoms with Gasteiger partial charge in [-0.1, -0.05) is 12.1 Å². The van der Waals surface area contributed by atoms with Crippen LogP contribution in [0.5, 0.6) is 5.75 Å². The second-order valence-electron chi connectivity index (χ2n) is 10.6. The predicted octanol–water partition coefficient (Wildman–Crippen LogP) is 3.00. The largest absolute Gasteiger partial charge is 0.511 e. The molecule has 3 unspecified atom stereocenters. The minimum atomic E-state index is -1.17. The van der Waals surface area contributed by atoms with E-state index in [9.17, 15) is 34.5 Å². The molecule has 0 spiro atoms. The molecule has 0 bridgehead atoms. The number of carbonyl (C=O) groups excluding carboxylic acids is 4. The molecule has 2 aromatic rings. The molecule has 5 rings (SSSR count). The number of phenolic OH excluding ortho intramolecular Hbond substituents is 1. The van der Waals surface area contributed by atoms with Gasteiger partial charge in [-0.25, -0.2) is 0 Å². The maximum Gasteiger partial charge on any atom is 0.255 e. The summed E-state index contributed by atoms with van der Waals surface area (Å²) in [5, 5.41) is 36.5. The van der Waals surface area contributed by atoms with Gasteiger partial charge >= 0.3 is 0 Å². The molecule has 1 saturated carbocycles. The molecule has 1 fully saturated rings. The fourth-order valence-corrected chi connectivity index (χ4v) is 6.28. The van der Waals surface area contributed by atoms with Crippen molar-refractivity contribution in [1.29, 1.82) is 0 Å². The SMILES string of the molecule is CC(=O)Nc1cccc(-c2cc(N(C)C)c3c(c2O)C(O)=C2C(=O)C4C(O)=C(C(N)=O)C(=O)CC4CC2C3)c1. The van der Waals surface area contributed by atoms with E-state index in [1.807, 2.05) is 19.0 Å². The zero-order chi connectivity index (χ0) is 28.3. The molecule has 0 radical (unpaired) electrons. The van der Waals surface area contributed by atoms with E-state index in [0.717, 1.165) is 5.69 Å². The number of allylic oxidation sites excluding steroid dienone is 2. The first-order valence-corrected chi connectivity index (χ1v) is 12.6. The number of nitrogens with one attached hydrogen (secondary N) is 1. The summed E-state index contributed by atoms with van der Waals surface area (Å²) in [5.41, 5.74) is 7.77. The van der Waals surface area contributed by atoms with E-state index in [1.54, 1.807) is 30.3 Å². The van der Waals surface area contributed by atoms with Crippen molar-refractivity contribution < 1.29 is 34.5 Å². The maximum absolute atomic E-state index is 13.7. The van der Waals surface area contributed by atoms with Gasteiger partial charge in [-0.05, 0) is 54.0 Å². The molecule has 10 heteroatoms. The van der Waals surface area contributed by atoms with Crippen LogP contribution in [0.4, 0.5) is 11.4 Å². The highest BCUT2D eigenvalue weighted by Gasteiger charge is 2.51. The molecule has 202 valence electrons. The number of aromatic hydroxyl groups is 1. The van der Waals surface area contributed by atoms with Gasteiger partial charge in [-0.2, -0.15) is 0 Å². The number of ketones is 2. The molecular formula is C29H29N3O7. The Bertz CT molecular complexity index is 1540. The molecule has 39 heavy (non-hydrogen) atoms. The molecule has 2 aromatic carbocycles.